The average Bonchev–Trinajstić information content (AvgIpc) is 2.26. The lowest BCUT2D eigenvalue weighted by Crippen LogP contribution is -2.18. The summed E-state index contributed by atoms with van der Waals surface area (Å²) in [5, 5.41) is 9.68. The molecule has 2 nitrogen and oxygen atoms in total. The van der Waals surface area contributed by atoms with E-state index < -0.39 is 0 Å². The van der Waals surface area contributed by atoms with E-state index in [-0.39, 0.29) is 6.10 Å². The lowest BCUT2D eigenvalue weighted by molar-refractivity contribution is 0.0360. The zero-order chi connectivity index (χ0) is 10.9. The highest BCUT2D eigenvalue weighted by atomic mass is 16.5. The molecule has 0 amide bonds. The Hall–Kier alpha value is -0.860. The maximum absolute atomic E-state index is 9.68. The first-order valence-electron chi connectivity index (χ1n) is 5.62. The van der Waals surface area contributed by atoms with Crippen LogP contribution in [0.4, 0.5) is 0 Å². The summed E-state index contributed by atoms with van der Waals surface area (Å²) in [4.78, 5) is 0. The molecule has 1 rings (SSSR count). The van der Waals surface area contributed by atoms with Gasteiger partial charge in [-0.15, -0.1) is 0 Å². The van der Waals surface area contributed by atoms with E-state index in [1.165, 1.54) is 0 Å². The third-order valence-electron chi connectivity index (χ3n) is 2.27. The van der Waals surface area contributed by atoms with E-state index in [0.717, 1.165) is 25.0 Å². The molecule has 0 aliphatic carbocycles. The molecule has 1 aromatic rings. The van der Waals surface area contributed by atoms with Crippen LogP contribution in [0.25, 0.3) is 0 Å². The summed E-state index contributed by atoms with van der Waals surface area (Å²) in [5.41, 5.74) is 1.16. The van der Waals surface area contributed by atoms with Crippen LogP contribution in [-0.2, 0) is 11.2 Å². The Bertz CT molecular complexity index is 246. The zero-order valence-electron chi connectivity index (χ0n) is 9.36. The van der Waals surface area contributed by atoms with Gasteiger partial charge in [-0.2, -0.15) is 0 Å². The van der Waals surface area contributed by atoms with Gasteiger partial charge in [-0.1, -0.05) is 43.7 Å². The molecule has 2 heteroatoms. The molecule has 1 aromatic carbocycles. The Morgan fingerprint density at radius 1 is 1.27 bits per heavy atom. The molecule has 0 aromatic heterocycles. The molecule has 0 saturated heterocycles. The van der Waals surface area contributed by atoms with E-state index in [1.54, 1.807) is 0 Å². The molecule has 1 unspecified atom stereocenters. The number of unbranched alkanes of at least 4 members (excludes halogenated alkanes) is 1. The average molecular weight is 208 g/mol. The highest BCUT2D eigenvalue weighted by Gasteiger charge is 2.04. The summed E-state index contributed by atoms with van der Waals surface area (Å²) in [5.74, 6) is 0. The zero-order valence-corrected chi connectivity index (χ0v) is 9.36. The highest BCUT2D eigenvalue weighted by molar-refractivity contribution is 5.15. The van der Waals surface area contributed by atoms with Crippen LogP contribution in [0.5, 0.6) is 0 Å². The summed E-state index contributed by atoms with van der Waals surface area (Å²) in [6.45, 7) is 3.32. The van der Waals surface area contributed by atoms with Crippen LogP contribution in [-0.4, -0.2) is 24.4 Å². The van der Waals surface area contributed by atoms with Gasteiger partial charge in [0.15, 0.2) is 0 Å². The van der Waals surface area contributed by atoms with Gasteiger partial charge in [-0.25, -0.2) is 0 Å². The summed E-state index contributed by atoms with van der Waals surface area (Å²) in [6, 6.07) is 10.00. The molecule has 0 bridgehead atoms. The fraction of sp³-hybridized carbons (Fsp3) is 0.538. The van der Waals surface area contributed by atoms with Crippen LogP contribution < -0.4 is 0 Å². The largest absolute Gasteiger partial charge is 0.390 e. The number of aliphatic hydroxyl groups is 1. The third kappa shape index (κ3) is 5.55. The number of ether oxygens (including phenoxy) is 1. The first kappa shape index (κ1) is 12.2. The van der Waals surface area contributed by atoms with Crippen LogP contribution in [0.15, 0.2) is 30.3 Å². The second kappa shape index (κ2) is 7.43. The Balaban J connectivity index is 2.16. The molecule has 0 heterocycles. The van der Waals surface area contributed by atoms with Crippen molar-refractivity contribution < 1.29 is 9.84 Å². The highest BCUT2D eigenvalue weighted by Crippen LogP contribution is 2.03. The fourth-order valence-corrected chi connectivity index (χ4v) is 1.41. The topological polar surface area (TPSA) is 29.5 Å². The quantitative estimate of drug-likeness (QED) is 0.697. The molecule has 0 fully saturated rings. The Labute approximate surface area is 91.9 Å². The second-order valence-corrected chi connectivity index (χ2v) is 3.77. The monoisotopic (exact) mass is 208 g/mol. The SMILES string of the molecule is CCCCOCC(O)Cc1ccccc1. The standard InChI is InChI=1S/C13H20O2/c1-2-3-9-15-11-13(14)10-12-7-5-4-6-8-12/h4-8,13-14H,2-3,9-11H2,1H3. The van der Waals surface area contributed by atoms with E-state index in [1.807, 2.05) is 30.3 Å². The molecule has 1 N–H and O–H groups in total. The van der Waals surface area contributed by atoms with Crippen molar-refractivity contribution in [3.63, 3.8) is 0 Å². The van der Waals surface area contributed by atoms with Crippen LogP contribution in [0, 0.1) is 0 Å². The second-order valence-electron chi connectivity index (χ2n) is 3.77. The lowest BCUT2D eigenvalue weighted by atomic mass is 10.1. The van der Waals surface area contributed by atoms with Crippen molar-refractivity contribution in [2.75, 3.05) is 13.2 Å². The molecule has 0 spiro atoms. The summed E-state index contributed by atoms with van der Waals surface area (Å²) >= 11 is 0. The predicted octanol–water partition coefficient (Wildman–Crippen LogP) is 2.41. The first-order chi connectivity index (χ1) is 7.33. The van der Waals surface area contributed by atoms with E-state index in [0.29, 0.717) is 13.0 Å². The maximum atomic E-state index is 9.68. The molecule has 84 valence electrons. The van der Waals surface area contributed by atoms with Crippen LogP contribution >= 0.6 is 0 Å². The normalized spacial score (nSPS) is 12.7. The maximum Gasteiger partial charge on any atom is 0.0813 e. The van der Waals surface area contributed by atoms with E-state index in [4.69, 9.17) is 4.74 Å². The van der Waals surface area contributed by atoms with Gasteiger partial charge in [-0.3, -0.25) is 0 Å². The summed E-state index contributed by atoms with van der Waals surface area (Å²) in [6.07, 6.45) is 2.49. The summed E-state index contributed by atoms with van der Waals surface area (Å²) in [7, 11) is 0. The van der Waals surface area contributed by atoms with Crippen LogP contribution in [0.1, 0.15) is 25.3 Å². The summed E-state index contributed by atoms with van der Waals surface area (Å²) < 4.78 is 5.36. The van der Waals surface area contributed by atoms with Crippen LogP contribution in [0.3, 0.4) is 0 Å². The number of hydrogen-bond donors (Lipinski definition) is 1. The van der Waals surface area contributed by atoms with Crippen molar-refractivity contribution in [2.24, 2.45) is 0 Å². The number of hydrogen-bond acceptors (Lipinski definition) is 2. The Morgan fingerprint density at radius 3 is 2.67 bits per heavy atom. The van der Waals surface area contributed by atoms with E-state index in [2.05, 4.69) is 6.92 Å². The van der Waals surface area contributed by atoms with Gasteiger partial charge in [0.05, 0.1) is 12.7 Å². The molecular weight excluding hydrogens is 188 g/mol. The van der Waals surface area contributed by atoms with Gasteiger partial charge in [0.25, 0.3) is 0 Å². The number of aliphatic hydroxyl groups excluding tert-OH is 1. The number of benzene rings is 1. The molecule has 0 radical (unpaired) electrons. The fourth-order valence-electron chi connectivity index (χ4n) is 1.41. The molecule has 0 aliphatic rings. The van der Waals surface area contributed by atoms with Crippen LogP contribution in [0.2, 0.25) is 0 Å². The first-order valence-corrected chi connectivity index (χ1v) is 5.62. The number of rotatable bonds is 7. The molecule has 0 aliphatic heterocycles. The van der Waals surface area contributed by atoms with Crippen molar-refractivity contribution >= 4 is 0 Å². The Morgan fingerprint density at radius 2 is 2.00 bits per heavy atom. The van der Waals surface area contributed by atoms with Crippen molar-refractivity contribution in [1.29, 1.82) is 0 Å². The van der Waals surface area contributed by atoms with E-state index >= 15 is 0 Å². The lowest BCUT2D eigenvalue weighted by Gasteiger charge is -2.10. The van der Waals surface area contributed by atoms with Crippen molar-refractivity contribution in [1.82, 2.24) is 0 Å². The molecule has 15 heavy (non-hydrogen) atoms. The third-order valence-corrected chi connectivity index (χ3v) is 2.27. The van der Waals surface area contributed by atoms with Gasteiger partial charge in [0, 0.05) is 13.0 Å². The minimum absolute atomic E-state index is 0.385. The Kier molecular flexibility index (Phi) is 6.05. The van der Waals surface area contributed by atoms with Crippen molar-refractivity contribution in [3.05, 3.63) is 35.9 Å². The smallest absolute Gasteiger partial charge is 0.0813 e. The molecular formula is C13H20O2. The minimum Gasteiger partial charge on any atom is -0.390 e. The van der Waals surface area contributed by atoms with Gasteiger partial charge in [-0.05, 0) is 12.0 Å². The molecule has 1 atom stereocenters. The molecule has 0 saturated carbocycles. The minimum atomic E-state index is -0.385. The van der Waals surface area contributed by atoms with Gasteiger partial charge < -0.3 is 9.84 Å². The van der Waals surface area contributed by atoms with Crippen molar-refractivity contribution in [2.45, 2.75) is 32.3 Å². The van der Waals surface area contributed by atoms with E-state index in [9.17, 15) is 5.11 Å². The van der Waals surface area contributed by atoms with Gasteiger partial charge >= 0.3 is 0 Å². The van der Waals surface area contributed by atoms with Gasteiger partial charge in [0.2, 0.25) is 0 Å². The van der Waals surface area contributed by atoms with Crippen molar-refractivity contribution in [3.8, 4) is 0 Å². The van der Waals surface area contributed by atoms with Gasteiger partial charge in [0.1, 0.15) is 0 Å². The predicted molar refractivity (Wildman–Crippen MR) is 61.9 cm³/mol.